The maximum Gasteiger partial charge on any atom is 0.239 e. The monoisotopic (exact) mass is 423 g/mol. The smallest absolute Gasteiger partial charge is 0.239 e. The lowest BCUT2D eigenvalue weighted by Crippen LogP contribution is -2.42. The first-order valence-corrected chi connectivity index (χ1v) is 10.6. The van der Waals surface area contributed by atoms with Crippen LogP contribution in [0.2, 0.25) is 5.02 Å². The number of thiazole rings is 1. The summed E-state index contributed by atoms with van der Waals surface area (Å²) >= 11 is 7.31. The van der Waals surface area contributed by atoms with Gasteiger partial charge in [0.1, 0.15) is 17.4 Å². The van der Waals surface area contributed by atoms with Crippen molar-refractivity contribution >= 4 is 34.8 Å². The van der Waals surface area contributed by atoms with Crippen molar-refractivity contribution in [1.82, 2.24) is 15.2 Å². The molecule has 0 atom stereocenters. The molecule has 0 saturated carbocycles. The Hall–Kier alpha value is -2.12. The Morgan fingerprint density at radius 2 is 1.96 bits per heavy atom. The summed E-state index contributed by atoms with van der Waals surface area (Å²) in [7, 11) is 0. The minimum atomic E-state index is -0.126. The van der Waals surface area contributed by atoms with Crippen LogP contribution in [-0.4, -0.2) is 41.3 Å². The molecule has 1 aromatic carbocycles. The van der Waals surface area contributed by atoms with Gasteiger partial charge < -0.3 is 15.0 Å². The van der Waals surface area contributed by atoms with Gasteiger partial charge in [-0.2, -0.15) is 0 Å². The van der Waals surface area contributed by atoms with E-state index in [1.54, 1.807) is 29.2 Å². The summed E-state index contributed by atoms with van der Waals surface area (Å²) in [5.74, 6) is 0.493. The number of aromatic nitrogens is 1. The fraction of sp³-hybridized carbons (Fsp3) is 0.450. The molecule has 152 valence electrons. The highest BCUT2D eigenvalue weighted by molar-refractivity contribution is 7.09. The molecule has 28 heavy (non-hydrogen) atoms. The number of nitrogens with one attached hydrogen (secondary N) is 1. The number of carbonyl (C=O) groups is 2. The molecule has 2 aromatic rings. The van der Waals surface area contributed by atoms with Crippen molar-refractivity contribution in [3.8, 4) is 5.75 Å². The maximum absolute atomic E-state index is 12.6. The van der Waals surface area contributed by atoms with Crippen molar-refractivity contribution in [2.45, 2.75) is 39.7 Å². The first-order valence-electron chi connectivity index (χ1n) is 9.38. The molecule has 0 fully saturated rings. The van der Waals surface area contributed by atoms with Gasteiger partial charge in [0.2, 0.25) is 11.8 Å². The van der Waals surface area contributed by atoms with E-state index in [9.17, 15) is 9.59 Å². The minimum absolute atomic E-state index is 0.0867. The molecule has 0 aliphatic carbocycles. The van der Waals surface area contributed by atoms with Crippen LogP contribution in [0, 0.1) is 0 Å². The number of ether oxygens (including phenoxy) is 1. The number of carbonyl (C=O) groups excluding carboxylic acids is 2. The summed E-state index contributed by atoms with van der Waals surface area (Å²) in [5.41, 5.74) is 0.694. The zero-order valence-electron chi connectivity index (χ0n) is 16.2. The van der Waals surface area contributed by atoms with Crippen LogP contribution in [-0.2, 0) is 22.6 Å². The van der Waals surface area contributed by atoms with E-state index in [0.717, 1.165) is 17.8 Å². The zero-order valence-corrected chi connectivity index (χ0v) is 17.8. The van der Waals surface area contributed by atoms with E-state index in [2.05, 4.69) is 10.3 Å². The van der Waals surface area contributed by atoms with E-state index in [4.69, 9.17) is 16.3 Å². The Kier molecular flexibility index (Phi) is 9.23. The highest BCUT2D eigenvalue weighted by atomic mass is 35.5. The van der Waals surface area contributed by atoms with Crippen molar-refractivity contribution in [3.63, 3.8) is 0 Å². The summed E-state index contributed by atoms with van der Waals surface area (Å²) in [4.78, 5) is 30.6. The van der Waals surface area contributed by atoms with Gasteiger partial charge in [-0.25, -0.2) is 4.98 Å². The van der Waals surface area contributed by atoms with Gasteiger partial charge in [0.15, 0.2) is 0 Å². The van der Waals surface area contributed by atoms with Crippen LogP contribution in [0.1, 0.15) is 37.4 Å². The molecule has 2 amide bonds. The lowest BCUT2D eigenvalue weighted by molar-refractivity contribution is -0.135. The third-order valence-corrected chi connectivity index (χ3v) is 4.98. The van der Waals surface area contributed by atoms with Crippen LogP contribution >= 0.6 is 22.9 Å². The summed E-state index contributed by atoms with van der Waals surface area (Å²) in [6.07, 6.45) is 1.84. The predicted octanol–water partition coefficient (Wildman–Crippen LogP) is 3.68. The number of rotatable bonds is 11. The molecule has 6 nitrogen and oxygen atoms in total. The second-order valence-corrected chi connectivity index (χ2v) is 7.70. The second kappa shape index (κ2) is 11.7. The van der Waals surface area contributed by atoms with E-state index in [1.165, 1.54) is 11.3 Å². The molecule has 1 N–H and O–H groups in total. The number of amides is 2. The van der Waals surface area contributed by atoms with Crippen molar-refractivity contribution < 1.29 is 14.3 Å². The molecule has 0 radical (unpaired) electrons. The SMILES string of the molecule is CCCNC(=O)CN(CCC)C(=O)Cc1csc(COc2ccc(Cl)cc2)n1. The van der Waals surface area contributed by atoms with Crippen molar-refractivity contribution in [3.05, 3.63) is 45.4 Å². The van der Waals surface area contributed by atoms with Gasteiger partial charge in [0.05, 0.1) is 18.7 Å². The summed E-state index contributed by atoms with van der Waals surface area (Å²) in [6.45, 7) is 5.57. The van der Waals surface area contributed by atoms with E-state index in [0.29, 0.717) is 36.2 Å². The molecule has 0 bridgehead atoms. The van der Waals surface area contributed by atoms with E-state index < -0.39 is 0 Å². The Labute approximate surface area is 174 Å². The highest BCUT2D eigenvalue weighted by Gasteiger charge is 2.18. The molecule has 2 rings (SSSR count). The Morgan fingerprint density at radius 1 is 1.21 bits per heavy atom. The molecule has 0 aliphatic heterocycles. The summed E-state index contributed by atoms with van der Waals surface area (Å²) in [6, 6.07) is 7.13. The average molecular weight is 424 g/mol. The summed E-state index contributed by atoms with van der Waals surface area (Å²) < 4.78 is 5.68. The normalized spacial score (nSPS) is 10.5. The van der Waals surface area contributed by atoms with Gasteiger partial charge in [-0.3, -0.25) is 9.59 Å². The Morgan fingerprint density at radius 3 is 2.64 bits per heavy atom. The largest absolute Gasteiger partial charge is 0.486 e. The molecule has 8 heteroatoms. The molecule has 1 heterocycles. The lowest BCUT2D eigenvalue weighted by atomic mass is 10.2. The highest BCUT2D eigenvalue weighted by Crippen LogP contribution is 2.18. The van der Waals surface area contributed by atoms with Crippen molar-refractivity contribution in [1.29, 1.82) is 0 Å². The van der Waals surface area contributed by atoms with Crippen LogP contribution in [0.3, 0.4) is 0 Å². The fourth-order valence-corrected chi connectivity index (χ4v) is 3.33. The number of halogens is 1. The molecule has 0 saturated heterocycles. The molecule has 1 aromatic heterocycles. The van der Waals surface area contributed by atoms with Crippen LogP contribution < -0.4 is 10.1 Å². The van der Waals surface area contributed by atoms with E-state index in [1.807, 2.05) is 19.2 Å². The van der Waals surface area contributed by atoms with Crippen LogP contribution in [0.15, 0.2) is 29.6 Å². The third kappa shape index (κ3) is 7.48. The Bertz CT molecular complexity index is 764. The number of hydrogen-bond donors (Lipinski definition) is 1. The number of benzene rings is 1. The number of nitrogens with zero attached hydrogens (tertiary/aromatic N) is 2. The van der Waals surface area contributed by atoms with Crippen molar-refractivity contribution in [2.75, 3.05) is 19.6 Å². The van der Waals surface area contributed by atoms with Gasteiger partial charge in [0.25, 0.3) is 0 Å². The fourth-order valence-electron chi connectivity index (χ4n) is 2.49. The van der Waals surface area contributed by atoms with Crippen LogP contribution in [0.25, 0.3) is 0 Å². The summed E-state index contributed by atoms with van der Waals surface area (Å²) in [5, 5.41) is 6.12. The quantitative estimate of drug-likeness (QED) is 0.598. The lowest BCUT2D eigenvalue weighted by Gasteiger charge is -2.21. The average Bonchev–Trinajstić information content (AvgIpc) is 3.13. The standard InChI is InChI=1S/C20H26ClN3O3S/c1-3-9-22-18(25)12-24(10-4-2)20(26)11-16-14-28-19(23-16)13-27-17-7-5-15(21)6-8-17/h5-8,14H,3-4,9-13H2,1-2H3,(H,22,25). The molecule has 0 unspecified atom stereocenters. The topological polar surface area (TPSA) is 71.5 Å². The van der Waals surface area contributed by atoms with Crippen LogP contribution in [0.4, 0.5) is 0 Å². The Balaban J connectivity index is 1.87. The number of hydrogen-bond acceptors (Lipinski definition) is 5. The molecule has 0 spiro atoms. The second-order valence-electron chi connectivity index (χ2n) is 6.32. The van der Waals surface area contributed by atoms with Gasteiger partial charge in [-0.1, -0.05) is 25.4 Å². The molecular weight excluding hydrogens is 398 g/mol. The van der Waals surface area contributed by atoms with Crippen molar-refractivity contribution in [2.24, 2.45) is 0 Å². The molecular formula is C20H26ClN3O3S. The zero-order chi connectivity index (χ0) is 20.4. The molecule has 0 aliphatic rings. The minimum Gasteiger partial charge on any atom is -0.486 e. The maximum atomic E-state index is 12.6. The van der Waals surface area contributed by atoms with E-state index in [-0.39, 0.29) is 24.8 Å². The predicted molar refractivity (Wildman–Crippen MR) is 112 cm³/mol. The van der Waals surface area contributed by atoms with Gasteiger partial charge in [-0.15, -0.1) is 11.3 Å². The van der Waals surface area contributed by atoms with Gasteiger partial charge in [0, 0.05) is 23.5 Å². The van der Waals surface area contributed by atoms with E-state index >= 15 is 0 Å². The third-order valence-electron chi connectivity index (χ3n) is 3.86. The first-order chi connectivity index (χ1) is 13.5. The van der Waals surface area contributed by atoms with Crippen LogP contribution in [0.5, 0.6) is 5.75 Å². The van der Waals surface area contributed by atoms with Gasteiger partial charge >= 0.3 is 0 Å². The van der Waals surface area contributed by atoms with Gasteiger partial charge in [-0.05, 0) is 37.1 Å². The first kappa shape index (κ1) is 22.2.